The molecular formula is C10H12FNO2. The zero-order valence-electron chi connectivity index (χ0n) is 8.08. The van der Waals surface area contributed by atoms with E-state index >= 15 is 0 Å². The molecule has 0 spiro atoms. The van der Waals surface area contributed by atoms with Crippen LogP contribution in [0.2, 0.25) is 0 Å². The van der Waals surface area contributed by atoms with E-state index in [4.69, 9.17) is 5.73 Å². The predicted octanol–water partition coefficient (Wildman–Crippen LogP) is 1.31. The largest absolute Gasteiger partial charge is 0.468 e. The van der Waals surface area contributed by atoms with Crippen molar-refractivity contribution in [2.75, 3.05) is 7.11 Å². The highest BCUT2D eigenvalue weighted by Crippen LogP contribution is 2.18. The maximum absolute atomic E-state index is 13.5. The van der Waals surface area contributed by atoms with Gasteiger partial charge < -0.3 is 10.5 Å². The first-order valence-electron chi connectivity index (χ1n) is 4.16. The molecule has 3 nitrogen and oxygen atoms in total. The number of benzene rings is 1. The SMILES string of the molecule is COC(=O)C(N)c1cccc(C)c1F. The topological polar surface area (TPSA) is 52.3 Å². The molecule has 2 N–H and O–H groups in total. The van der Waals surface area contributed by atoms with E-state index in [1.165, 1.54) is 13.2 Å². The van der Waals surface area contributed by atoms with Crippen LogP contribution >= 0.6 is 0 Å². The molecule has 0 aliphatic heterocycles. The van der Waals surface area contributed by atoms with Gasteiger partial charge in [0.2, 0.25) is 0 Å². The van der Waals surface area contributed by atoms with Crippen LogP contribution in [0, 0.1) is 12.7 Å². The highest BCUT2D eigenvalue weighted by Gasteiger charge is 2.20. The number of esters is 1. The first-order valence-corrected chi connectivity index (χ1v) is 4.16. The minimum atomic E-state index is -1.06. The molecule has 0 amide bonds. The summed E-state index contributed by atoms with van der Waals surface area (Å²) in [5, 5.41) is 0. The number of carbonyl (C=O) groups excluding carboxylic acids is 1. The summed E-state index contributed by atoms with van der Waals surface area (Å²) in [5.74, 6) is -1.10. The molecule has 0 saturated heterocycles. The van der Waals surface area contributed by atoms with Crippen molar-refractivity contribution < 1.29 is 13.9 Å². The molecule has 14 heavy (non-hydrogen) atoms. The number of halogens is 1. The first kappa shape index (κ1) is 10.7. The minimum Gasteiger partial charge on any atom is -0.468 e. The zero-order chi connectivity index (χ0) is 10.7. The molecule has 0 heterocycles. The molecule has 0 aliphatic carbocycles. The van der Waals surface area contributed by atoms with E-state index in [0.29, 0.717) is 5.56 Å². The van der Waals surface area contributed by atoms with Crippen LogP contribution in [0.1, 0.15) is 17.2 Å². The zero-order valence-corrected chi connectivity index (χ0v) is 8.08. The van der Waals surface area contributed by atoms with Gasteiger partial charge in [0.15, 0.2) is 0 Å². The molecule has 4 heteroatoms. The predicted molar refractivity (Wildman–Crippen MR) is 50.1 cm³/mol. The van der Waals surface area contributed by atoms with Crippen LogP contribution in [-0.2, 0) is 9.53 Å². The second kappa shape index (κ2) is 4.19. The lowest BCUT2D eigenvalue weighted by Gasteiger charge is -2.11. The quantitative estimate of drug-likeness (QED) is 0.727. The van der Waals surface area contributed by atoms with Crippen LogP contribution in [0.5, 0.6) is 0 Å². The van der Waals surface area contributed by atoms with E-state index in [2.05, 4.69) is 4.74 Å². The van der Waals surface area contributed by atoms with Crippen molar-refractivity contribution in [1.82, 2.24) is 0 Å². The highest BCUT2D eigenvalue weighted by atomic mass is 19.1. The highest BCUT2D eigenvalue weighted by molar-refractivity contribution is 5.77. The van der Waals surface area contributed by atoms with E-state index in [9.17, 15) is 9.18 Å². The monoisotopic (exact) mass is 197 g/mol. The van der Waals surface area contributed by atoms with E-state index in [1.807, 2.05) is 0 Å². The van der Waals surface area contributed by atoms with Gasteiger partial charge in [-0.25, -0.2) is 4.39 Å². The van der Waals surface area contributed by atoms with E-state index in [1.54, 1.807) is 19.1 Å². The Labute approximate surface area is 81.7 Å². The number of hydrogen-bond acceptors (Lipinski definition) is 3. The normalized spacial score (nSPS) is 12.3. The van der Waals surface area contributed by atoms with Crippen molar-refractivity contribution >= 4 is 5.97 Å². The second-order valence-electron chi connectivity index (χ2n) is 2.98. The van der Waals surface area contributed by atoms with Gasteiger partial charge in [-0.3, -0.25) is 4.79 Å². The number of hydrogen-bond donors (Lipinski definition) is 1. The Hall–Kier alpha value is -1.42. The number of aryl methyl sites for hydroxylation is 1. The van der Waals surface area contributed by atoms with E-state index in [0.717, 1.165) is 0 Å². The fourth-order valence-electron chi connectivity index (χ4n) is 1.16. The van der Waals surface area contributed by atoms with E-state index < -0.39 is 17.8 Å². The molecule has 0 radical (unpaired) electrons. The van der Waals surface area contributed by atoms with Crippen LogP contribution in [0.4, 0.5) is 4.39 Å². The maximum Gasteiger partial charge on any atom is 0.327 e. The smallest absolute Gasteiger partial charge is 0.327 e. The van der Waals surface area contributed by atoms with Crippen molar-refractivity contribution in [1.29, 1.82) is 0 Å². The fourth-order valence-corrected chi connectivity index (χ4v) is 1.16. The van der Waals surface area contributed by atoms with Gasteiger partial charge in [0.25, 0.3) is 0 Å². The Morgan fingerprint density at radius 2 is 2.21 bits per heavy atom. The Kier molecular flexibility index (Phi) is 3.19. The summed E-state index contributed by atoms with van der Waals surface area (Å²) in [6.07, 6.45) is 0. The summed E-state index contributed by atoms with van der Waals surface area (Å²) in [7, 11) is 1.22. The maximum atomic E-state index is 13.5. The third-order valence-electron chi connectivity index (χ3n) is 2.01. The Morgan fingerprint density at radius 1 is 1.57 bits per heavy atom. The molecular weight excluding hydrogens is 185 g/mol. The summed E-state index contributed by atoms with van der Waals surface area (Å²) >= 11 is 0. The number of ether oxygens (including phenoxy) is 1. The number of nitrogens with two attached hydrogens (primary N) is 1. The van der Waals surface area contributed by atoms with Crippen molar-refractivity contribution in [3.8, 4) is 0 Å². The Balaban J connectivity index is 3.07. The summed E-state index contributed by atoms with van der Waals surface area (Å²) in [5.41, 5.74) is 6.13. The second-order valence-corrected chi connectivity index (χ2v) is 2.98. The van der Waals surface area contributed by atoms with Crippen LogP contribution in [-0.4, -0.2) is 13.1 Å². The van der Waals surface area contributed by atoms with Gasteiger partial charge in [-0.2, -0.15) is 0 Å². The number of methoxy groups -OCH3 is 1. The van der Waals surface area contributed by atoms with Gasteiger partial charge >= 0.3 is 5.97 Å². The molecule has 0 bridgehead atoms. The molecule has 0 fully saturated rings. The van der Waals surface area contributed by atoms with Crippen LogP contribution in [0.15, 0.2) is 18.2 Å². The van der Waals surface area contributed by atoms with Gasteiger partial charge in [-0.05, 0) is 12.5 Å². The van der Waals surface area contributed by atoms with Crippen molar-refractivity contribution in [3.63, 3.8) is 0 Å². The van der Waals surface area contributed by atoms with Crippen molar-refractivity contribution in [3.05, 3.63) is 35.1 Å². The molecule has 1 atom stereocenters. The van der Waals surface area contributed by atoms with E-state index in [-0.39, 0.29) is 5.56 Å². The summed E-state index contributed by atoms with van der Waals surface area (Å²) in [6, 6.07) is 3.68. The molecule has 76 valence electrons. The van der Waals surface area contributed by atoms with Crippen molar-refractivity contribution in [2.24, 2.45) is 5.73 Å². The molecule has 0 aromatic heterocycles. The third-order valence-corrected chi connectivity index (χ3v) is 2.01. The molecule has 1 aromatic rings. The third kappa shape index (κ3) is 1.90. The average Bonchev–Trinajstić information content (AvgIpc) is 2.20. The molecule has 1 aromatic carbocycles. The van der Waals surface area contributed by atoms with Gasteiger partial charge in [0.1, 0.15) is 11.9 Å². The summed E-state index contributed by atoms with van der Waals surface area (Å²) in [6.45, 7) is 1.61. The average molecular weight is 197 g/mol. The molecule has 1 unspecified atom stereocenters. The van der Waals surface area contributed by atoms with Crippen molar-refractivity contribution in [2.45, 2.75) is 13.0 Å². The number of carbonyl (C=O) groups is 1. The molecule has 0 saturated carbocycles. The fraction of sp³-hybridized carbons (Fsp3) is 0.300. The molecule has 1 rings (SSSR count). The lowest BCUT2D eigenvalue weighted by molar-refractivity contribution is -0.142. The van der Waals surface area contributed by atoms with Gasteiger partial charge in [0, 0.05) is 5.56 Å². The number of rotatable bonds is 2. The first-order chi connectivity index (χ1) is 6.57. The standard InChI is InChI=1S/C10H12FNO2/c1-6-4-3-5-7(8(6)11)9(12)10(13)14-2/h3-5,9H,12H2,1-2H3. The Morgan fingerprint density at radius 3 is 2.79 bits per heavy atom. The van der Waals surface area contributed by atoms with Crippen LogP contribution in [0.3, 0.4) is 0 Å². The lowest BCUT2D eigenvalue weighted by atomic mass is 10.0. The summed E-state index contributed by atoms with van der Waals surface area (Å²) < 4.78 is 17.9. The Bertz CT molecular complexity index is 352. The summed E-state index contributed by atoms with van der Waals surface area (Å²) in [4.78, 5) is 11.1. The van der Waals surface area contributed by atoms with Crippen LogP contribution in [0.25, 0.3) is 0 Å². The molecule has 0 aliphatic rings. The minimum absolute atomic E-state index is 0.164. The van der Waals surface area contributed by atoms with Gasteiger partial charge in [-0.1, -0.05) is 18.2 Å². The lowest BCUT2D eigenvalue weighted by Crippen LogP contribution is -2.23. The van der Waals surface area contributed by atoms with Gasteiger partial charge in [0.05, 0.1) is 7.11 Å². The van der Waals surface area contributed by atoms with Crippen LogP contribution < -0.4 is 5.73 Å². The van der Waals surface area contributed by atoms with Gasteiger partial charge in [-0.15, -0.1) is 0 Å².